The van der Waals surface area contributed by atoms with Crippen LogP contribution in [0, 0.1) is 11.5 Å². The first-order valence-corrected chi connectivity index (χ1v) is 5.04. The van der Waals surface area contributed by atoms with Crippen LogP contribution in [-0.2, 0) is 23.9 Å². The smallest absolute Gasteiger partial charge is 0.333 e. The Labute approximate surface area is 118 Å². The Hall–Kier alpha value is -2.48. The topological polar surface area (TPSA) is 118 Å². The van der Waals surface area contributed by atoms with Crippen LogP contribution < -0.4 is 0 Å². The van der Waals surface area contributed by atoms with Crippen LogP contribution in [0.15, 0.2) is 9.98 Å². The zero-order chi connectivity index (χ0) is 13.6. The molecule has 0 rings (SSSR count). The van der Waals surface area contributed by atoms with Crippen molar-refractivity contribution in [1.29, 1.82) is 5.26 Å². The minimum absolute atomic E-state index is 0. The first-order chi connectivity index (χ1) is 8.76. The highest BCUT2D eigenvalue weighted by Crippen LogP contribution is 2.07. The minimum Gasteiger partial charge on any atom is -0.440 e. The number of esters is 1. The Morgan fingerprint density at radius 1 is 1.20 bits per heavy atom. The first kappa shape index (κ1) is 22.7. The van der Waals surface area contributed by atoms with Crippen LogP contribution >= 0.6 is 0 Å². The van der Waals surface area contributed by atoms with E-state index in [2.05, 4.69) is 19.5 Å². The number of hydrogen-bond acceptors (Lipinski definition) is 8. The van der Waals surface area contributed by atoms with Gasteiger partial charge in [-0.05, 0) is 19.3 Å². The van der Waals surface area contributed by atoms with Crippen molar-refractivity contribution in [2.75, 3.05) is 13.3 Å². The molecule has 8 nitrogen and oxygen atoms in total. The van der Waals surface area contributed by atoms with Crippen molar-refractivity contribution < 1.29 is 23.9 Å². The predicted molar refractivity (Wildman–Crippen MR) is 69.9 cm³/mol. The van der Waals surface area contributed by atoms with Gasteiger partial charge in [-0.1, -0.05) is 14.9 Å². The molecule has 0 saturated carbocycles. The molecule has 0 fully saturated rings. The molecular formula is C12H19N3O5. The highest BCUT2D eigenvalue weighted by Gasteiger charge is 2.18. The van der Waals surface area contributed by atoms with Crippen molar-refractivity contribution in [2.24, 2.45) is 9.98 Å². The van der Waals surface area contributed by atoms with E-state index in [9.17, 15) is 14.4 Å². The number of carbonyl (C=O) groups is 1. The summed E-state index contributed by atoms with van der Waals surface area (Å²) in [5, 5.41) is 8.11. The molecule has 0 saturated heterocycles. The van der Waals surface area contributed by atoms with Crippen molar-refractivity contribution in [3.63, 3.8) is 0 Å². The Balaban J connectivity index is -0.00000144. The molecule has 0 aliphatic rings. The molecule has 0 heterocycles. The molecular weight excluding hydrogens is 266 g/mol. The maximum atomic E-state index is 11.4. The molecule has 0 aromatic carbocycles. The summed E-state index contributed by atoms with van der Waals surface area (Å²) in [6, 6.07) is -0.980. The average Bonchev–Trinajstić information content (AvgIpc) is 2.37. The van der Waals surface area contributed by atoms with Gasteiger partial charge in [0.05, 0.1) is 0 Å². The van der Waals surface area contributed by atoms with E-state index >= 15 is 0 Å². The molecule has 1 atom stereocenters. The lowest BCUT2D eigenvalue weighted by Gasteiger charge is -2.08. The van der Waals surface area contributed by atoms with Gasteiger partial charge >= 0.3 is 5.97 Å². The Bertz CT molecular complexity index is 392. The Morgan fingerprint density at radius 3 is 2.45 bits per heavy atom. The average molecular weight is 285 g/mol. The second-order valence-corrected chi connectivity index (χ2v) is 3.01. The minimum atomic E-state index is -0.980. The van der Waals surface area contributed by atoms with Gasteiger partial charge in [-0.25, -0.2) is 14.4 Å². The number of carbonyl (C=O) groups excluding carboxylic acids is 3. The molecule has 0 aliphatic heterocycles. The lowest BCUT2D eigenvalue weighted by Crippen LogP contribution is -2.21. The third kappa shape index (κ3) is 12.0. The number of unbranched alkanes of at least 4 members (excludes halogenated alkanes) is 1. The van der Waals surface area contributed by atoms with E-state index in [-0.39, 0.29) is 27.9 Å². The lowest BCUT2D eigenvalue weighted by atomic mass is 10.1. The Morgan fingerprint density at radius 2 is 1.90 bits per heavy atom. The van der Waals surface area contributed by atoms with Crippen LogP contribution in [-0.4, -0.2) is 37.5 Å². The van der Waals surface area contributed by atoms with Gasteiger partial charge in [0.15, 0.2) is 12.8 Å². The molecule has 20 heavy (non-hydrogen) atoms. The summed E-state index contributed by atoms with van der Waals surface area (Å²) < 4.78 is 8.99. The summed E-state index contributed by atoms with van der Waals surface area (Å²) in [4.78, 5) is 37.6. The number of hydrogen-bond donors (Lipinski definition) is 0. The number of ether oxygens (including phenoxy) is 2. The second-order valence-electron chi connectivity index (χ2n) is 3.01. The van der Waals surface area contributed by atoms with Crippen molar-refractivity contribution in [2.45, 2.75) is 40.2 Å². The molecule has 0 amide bonds. The summed E-state index contributed by atoms with van der Waals surface area (Å²) in [6.45, 7) is -0.219. The predicted octanol–water partition coefficient (Wildman–Crippen LogP) is 1.47. The highest BCUT2D eigenvalue weighted by molar-refractivity contribution is 5.76. The first-order valence-electron chi connectivity index (χ1n) is 5.04. The largest absolute Gasteiger partial charge is 0.440 e. The van der Waals surface area contributed by atoms with Gasteiger partial charge in [-0.3, -0.25) is 0 Å². The molecule has 0 N–H and O–H groups in total. The molecule has 0 aromatic rings. The third-order valence-corrected chi connectivity index (χ3v) is 1.86. The van der Waals surface area contributed by atoms with Crippen molar-refractivity contribution >= 4 is 18.1 Å². The zero-order valence-electron chi connectivity index (χ0n) is 9.50. The fourth-order valence-corrected chi connectivity index (χ4v) is 1.07. The maximum absolute atomic E-state index is 11.4. The number of rotatable bonds is 9. The van der Waals surface area contributed by atoms with E-state index in [0.717, 1.165) is 0 Å². The molecule has 1 unspecified atom stereocenters. The fraction of sp³-hybridized carbons (Fsp3) is 0.667. The van der Waals surface area contributed by atoms with Gasteiger partial charge in [0.2, 0.25) is 12.2 Å². The van der Waals surface area contributed by atoms with Crippen LogP contribution in [0.25, 0.3) is 0 Å². The molecule has 0 aliphatic carbocycles. The zero-order valence-corrected chi connectivity index (χ0v) is 9.50. The normalized spacial score (nSPS) is 9.15. The standard InChI is InChI=1S/C10H11N3O5.2CH4/c11-5-17-4-2-1-3-9(13-7-15)10(16)18-8-12-6-14;;/h9H,1-4,8H2;2*1H4. The highest BCUT2D eigenvalue weighted by atomic mass is 16.5. The van der Waals surface area contributed by atoms with Crippen molar-refractivity contribution in [1.82, 2.24) is 0 Å². The van der Waals surface area contributed by atoms with Gasteiger partial charge in [-0.15, -0.1) is 0 Å². The molecule has 0 spiro atoms. The van der Waals surface area contributed by atoms with Crippen molar-refractivity contribution in [3.05, 3.63) is 0 Å². The molecule has 0 aromatic heterocycles. The fourth-order valence-electron chi connectivity index (χ4n) is 1.07. The Kier molecular flexibility index (Phi) is 18.7. The summed E-state index contributed by atoms with van der Waals surface area (Å²) in [5.74, 6) is -0.765. The third-order valence-electron chi connectivity index (χ3n) is 1.86. The second kappa shape index (κ2) is 16.5. The van der Waals surface area contributed by atoms with Crippen LogP contribution in [0.5, 0.6) is 0 Å². The van der Waals surface area contributed by atoms with Crippen LogP contribution in [0.1, 0.15) is 34.1 Å². The van der Waals surface area contributed by atoms with E-state index in [1.165, 1.54) is 18.4 Å². The van der Waals surface area contributed by atoms with Crippen LogP contribution in [0.3, 0.4) is 0 Å². The van der Waals surface area contributed by atoms with Gasteiger partial charge in [0.25, 0.3) is 6.26 Å². The molecule has 8 heteroatoms. The van der Waals surface area contributed by atoms with Gasteiger partial charge in [0.1, 0.15) is 6.61 Å². The van der Waals surface area contributed by atoms with E-state index in [0.29, 0.717) is 12.8 Å². The maximum Gasteiger partial charge on any atom is 0.333 e. The molecule has 0 bridgehead atoms. The van der Waals surface area contributed by atoms with E-state index in [1.54, 1.807) is 0 Å². The lowest BCUT2D eigenvalue weighted by molar-refractivity contribution is -0.145. The number of isocyanates is 2. The number of aliphatic imine (C=N–C) groups is 2. The van der Waals surface area contributed by atoms with E-state index in [1.807, 2.05) is 0 Å². The SMILES string of the molecule is C.C.N#COCCCCC(N=C=O)C(=O)OCN=C=O. The molecule has 112 valence electrons. The van der Waals surface area contributed by atoms with Gasteiger partial charge in [0, 0.05) is 0 Å². The van der Waals surface area contributed by atoms with Crippen LogP contribution in [0.4, 0.5) is 0 Å². The van der Waals surface area contributed by atoms with Gasteiger partial charge < -0.3 is 9.47 Å². The number of nitriles is 1. The van der Waals surface area contributed by atoms with Crippen molar-refractivity contribution in [3.8, 4) is 6.26 Å². The molecule has 0 radical (unpaired) electrons. The quantitative estimate of drug-likeness (QED) is 0.208. The monoisotopic (exact) mass is 285 g/mol. The van der Waals surface area contributed by atoms with Gasteiger partial charge in [-0.2, -0.15) is 15.2 Å². The van der Waals surface area contributed by atoms with E-state index in [4.69, 9.17) is 5.26 Å². The van der Waals surface area contributed by atoms with E-state index < -0.39 is 18.7 Å². The summed E-state index contributed by atoms with van der Waals surface area (Å²) in [7, 11) is 0. The summed E-state index contributed by atoms with van der Waals surface area (Å²) >= 11 is 0. The van der Waals surface area contributed by atoms with Crippen LogP contribution in [0.2, 0.25) is 0 Å². The summed E-state index contributed by atoms with van der Waals surface area (Å²) in [6.07, 6.45) is 5.30. The summed E-state index contributed by atoms with van der Waals surface area (Å²) in [5.41, 5.74) is 0. The number of nitrogens with zero attached hydrogens (tertiary/aromatic N) is 3.